The van der Waals surface area contributed by atoms with Gasteiger partial charge in [-0.3, -0.25) is 4.79 Å². The van der Waals surface area contributed by atoms with Gasteiger partial charge in [-0.2, -0.15) is 0 Å². The van der Waals surface area contributed by atoms with Gasteiger partial charge in [0.05, 0.1) is 18.7 Å². The Bertz CT molecular complexity index is 1310. The minimum Gasteiger partial charge on any atom is -0.446 e. The number of hydrogen-bond acceptors (Lipinski definition) is 8. The van der Waals surface area contributed by atoms with Crippen molar-refractivity contribution in [2.45, 2.75) is 45.9 Å². The first-order valence-corrected chi connectivity index (χ1v) is 11.3. The van der Waals surface area contributed by atoms with E-state index in [1.165, 1.54) is 0 Å². The monoisotopic (exact) mass is 475 g/mol. The Morgan fingerprint density at radius 3 is 2.57 bits per heavy atom. The van der Waals surface area contributed by atoms with Crippen LogP contribution in [0.1, 0.15) is 51.6 Å². The lowest BCUT2D eigenvalue weighted by atomic mass is 9.94. The van der Waals surface area contributed by atoms with Gasteiger partial charge < -0.3 is 24.6 Å². The van der Waals surface area contributed by atoms with Crippen LogP contribution in [0.5, 0.6) is 0 Å². The van der Waals surface area contributed by atoms with Crippen LogP contribution in [-0.4, -0.2) is 28.2 Å². The lowest BCUT2D eigenvalue weighted by molar-refractivity contribution is 0.0950. The number of carbonyl (C=O) groups is 1. The zero-order chi connectivity index (χ0) is 25.0. The van der Waals surface area contributed by atoms with E-state index in [4.69, 9.17) is 19.3 Å². The van der Waals surface area contributed by atoms with Gasteiger partial charge in [0.2, 0.25) is 11.8 Å². The van der Waals surface area contributed by atoms with Crippen LogP contribution in [0.4, 0.5) is 0 Å². The topological polar surface area (TPSA) is 129 Å². The molecular weight excluding hydrogens is 446 g/mol. The van der Waals surface area contributed by atoms with Crippen molar-refractivity contribution in [3.63, 3.8) is 0 Å². The van der Waals surface area contributed by atoms with Crippen LogP contribution in [0, 0.1) is 13.8 Å². The maximum absolute atomic E-state index is 12.9. The van der Waals surface area contributed by atoms with E-state index in [0.717, 1.165) is 11.1 Å². The van der Waals surface area contributed by atoms with Crippen LogP contribution < -0.4 is 11.1 Å². The fourth-order valence-electron chi connectivity index (χ4n) is 3.86. The normalized spacial score (nSPS) is 12.9. The lowest BCUT2D eigenvalue weighted by Crippen LogP contribution is -2.35. The molecule has 2 aromatic carbocycles. The fraction of sp³-hybridized carbons (Fsp3) is 0.308. The molecule has 0 spiro atoms. The fourth-order valence-corrected chi connectivity index (χ4v) is 3.86. The van der Waals surface area contributed by atoms with Gasteiger partial charge in [0, 0.05) is 25.2 Å². The molecule has 9 nitrogen and oxygen atoms in total. The maximum atomic E-state index is 12.9. The molecule has 0 aliphatic carbocycles. The molecule has 182 valence electrons. The first kappa shape index (κ1) is 24.3. The van der Waals surface area contributed by atoms with Gasteiger partial charge in [-0.25, -0.2) is 4.98 Å². The van der Waals surface area contributed by atoms with Gasteiger partial charge in [-0.05, 0) is 43.5 Å². The Kier molecular flexibility index (Phi) is 7.09. The van der Waals surface area contributed by atoms with Gasteiger partial charge >= 0.3 is 0 Å². The Labute approximate surface area is 203 Å². The maximum Gasteiger partial charge on any atom is 0.251 e. The molecule has 0 aliphatic rings. The van der Waals surface area contributed by atoms with E-state index in [0.29, 0.717) is 47.4 Å². The van der Waals surface area contributed by atoms with Crippen molar-refractivity contribution in [1.82, 2.24) is 20.5 Å². The van der Waals surface area contributed by atoms with E-state index in [1.54, 1.807) is 26.2 Å². The summed E-state index contributed by atoms with van der Waals surface area (Å²) < 4.78 is 16.8. The molecule has 2 heterocycles. The van der Waals surface area contributed by atoms with Crippen molar-refractivity contribution in [1.29, 1.82) is 0 Å². The minimum atomic E-state index is -0.864. The third kappa shape index (κ3) is 5.64. The van der Waals surface area contributed by atoms with Crippen LogP contribution in [-0.2, 0) is 29.8 Å². The van der Waals surface area contributed by atoms with Crippen molar-refractivity contribution < 1.29 is 18.4 Å². The molecule has 3 N–H and O–H groups in total. The summed E-state index contributed by atoms with van der Waals surface area (Å²) in [6.07, 6.45) is 0.532. The summed E-state index contributed by atoms with van der Waals surface area (Å²) in [5, 5.41) is 11.3. The van der Waals surface area contributed by atoms with Crippen LogP contribution in [0.25, 0.3) is 11.5 Å². The van der Waals surface area contributed by atoms with E-state index in [9.17, 15) is 4.79 Å². The number of carbonyl (C=O) groups excluding carboxylic acids is 1. The van der Waals surface area contributed by atoms with Gasteiger partial charge in [-0.15, -0.1) is 10.2 Å². The van der Waals surface area contributed by atoms with Crippen molar-refractivity contribution in [3.8, 4) is 11.5 Å². The van der Waals surface area contributed by atoms with E-state index in [-0.39, 0.29) is 18.3 Å². The number of benzene rings is 2. The first-order chi connectivity index (χ1) is 16.8. The Morgan fingerprint density at radius 2 is 1.89 bits per heavy atom. The molecule has 0 saturated heterocycles. The van der Waals surface area contributed by atoms with Crippen LogP contribution in [0.15, 0.2) is 57.4 Å². The second kappa shape index (κ2) is 10.2. The average molecular weight is 476 g/mol. The molecule has 0 fully saturated rings. The van der Waals surface area contributed by atoms with Crippen molar-refractivity contribution in [2.75, 3.05) is 7.11 Å². The minimum absolute atomic E-state index is 0.257. The summed E-state index contributed by atoms with van der Waals surface area (Å²) in [6.45, 7) is 6.01. The third-order valence-corrected chi connectivity index (χ3v) is 5.65. The Morgan fingerprint density at radius 1 is 1.11 bits per heavy atom. The van der Waals surface area contributed by atoms with E-state index in [2.05, 4.69) is 20.5 Å². The molecule has 4 aromatic rings. The van der Waals surface area contributed by atoms with Crippen molar-refractivity contribution in [2.24, 2.45) is 5.73 Å². The number of aromatic nitrogens is 3. The summed E-state index contributed by atoms with van der Waals surface area (Å²) in [5.41, 5.74) is 9.30. The molecule has 4 rings (SSSR count). The number of nitrogens with one attached hydrogen (secondary N) is 1. The van der Waals surface area contributed by atoms with E-state index < -0.39 is 5.54 Å². The summed E-state index contributed by atoms with van der Waals surface area (Å²) in [6, 6.07) is 15.1. The number of nitrogens with two attached hydrogens (primary N) is 1. The molecule has 1 unspecified atom stereocenters. The van der Waals surface area contributed by atoms with Crippen LogP contribution in [0.2, 0.25) is 0 Å². The molecule has 0 bridgehead atoms. The molecule has 0 saturated carbocycles. The number of ether oxygens (including phenoxy) is 1. The molecule has 0 aliphatic heterocycles. The highest BCUT2D eigenvalue weighted by molar-refractivity contribution is 5.95. The highest BCUT2D eigenvalue weighted by Gasteiger charge is 2.29. The van der Waals surface area contributed by atoms with E-state index >= 15 is 0 Å². The number of rotatable bonds is 9. The average Bonchev–Trinajstić information content (AvgIpc) is 3.45. The number of aryl methyl sites for hydroxylation is 2. The summed E-state index contributed by atoms with van der Waals surface area (Å²) in [7, 11) is 1.60. The molecule has 1 atom stereocenters. The van der Waals surface area contributed by atoms with Gasteiger partial charge in [0.25, 0.3) is 5.91 Å². The summed E-state index contributed by atoms with van der Waals surface area (Å²) >= 11 is 0. The van der Waals surface area contributed by atoms with E-state index in [1.807, 2.05) is 50.2 Å². The smallest absolute Gasteiger partial charge is 0.251 e. The first-order valence-electron chi connectivity index (χ1n) is 11.3. The number of oxazole rings is 1. The SMILES string of the molecule is COCc1ccc(C(=O)NCc2nc(C)oc2C)cc1-c1nnc(C(C)(N)Cc2ccccc2)o1. The van der Waals surface area contributed by atoms with Crippen molar-refractivity contribution in [3.05, 3.63) is 88.5 Å². The number of hydrogen-bond donors (Lipinski definition) is 2. The lowest BCUT2D eigenvalue weighted by Gasteiger charge is -2.20. The molecule has 9 heteroatoms. The standard InChI is InChI=1S/C26H29N5O4/c1-16-22(29-17(2)34-16)14-28-23(32)19-10-11-20(15-33-4)21(12-19)24-30-31-25(35-24)26(3,27)13-18-8-6-5-7-9-18/h5-12H,13-15,27H2,1-4H3,(H,28,32). The second-order valence-electron chi connectivity index (χ2n) is 8.72. The summed E-state index contributed by atoms with van der Waals surface area (Å²) in [5.74, 6) is 1.56. The quantitative estimate of drug-likeness (QED) is 0.374. The zero-order valence-electron chi connectivity index (χ0n) is 20.3. The second-order valence-corrected chi connectivity index (χ2v) is 8.72. The number of methoxy groups -OCH3 is 1. The largest absolute Gasteiger partial charge is 0.446 e. The highest BCUT2D eigenvalue weighted by Crippen LogP contribution is 2.29. The Hall–Kier alpha value is -3.82. The van der Waals surface area contributed by atoms with Crippen LogP contribution >= 0.6 is 0 Å². The predicted molar refractivity (Wildman–Crippen MR) is 129 cm³/mol. The number of nitrogens with zero attached hydrogens (tertiary/aromatic N) is 3. The zero-order valence-corrected chi connectivity index (χ0v) is 20.3. The summed E-state index contributed by atoms with van der Waals surface area (Å²) in [4.78, 5) is 17.2. The molecule has 35 heavy (non-hydrogen) atoms. The van der Waals surface area contributed by atoms with Gasteiger partial charge in [0.1, 0.15) is 11.5 Å². The van der Waals surface area contributed by atoms with Crippen molar-refractivity contribution >= 4 is 5.91 Å². The predicted octanol–water partition coefficient (Wildman–Crippen LogP) is 3.83. The number of amides is 1. The Balaban J connectivity index is 1.57. The van der Waals surface area contributed by atoms with Gasteiger partial charge in [0.15, 0.2) is 5.89 Å². The molecule has 2 aromatic heterocycles. The van der Waals surface area contributed by atoms with Crippen LogP contribution in [0.3, 0.4) is 0 Å². The molecular formula is C26H29N5O4. The molecule has 1 amide bonds. The third-order valence-electron chi connectivity index (χ3n) is 5.65. The van der Waals surface area contributed by atoms with Gasteiger partial charge in [-0.1, -0.05) is 36.4 Å². The molecule has 0 radical (unpaired) electrons. The highest BCUT2D eigenvalue weighted by atomic mass is 16.5.